The summed E-state index contributed by atoms with van der Waals surface area (Å²) in [4.78, 5) is 13.2. The van der Waals surface area contributed by atoms with Gasteiger partial charge in [-0.2, -0.15) is 0 Å². The average Bonchev–Trinajstić information content (AvgIpc) is 2.72. The Morgan fingerprint density at radius 3 is 2.10 bits per heavy atom. The molecule has 2 aliphatic heterocycles. The Morgan fingerprint density at radius 1 is 1.00 bits per heavy atom. The number of ketones is 1. The van der Waals surface area contributed by atoms with E-state index >= 15 is 0 Å². The molecule has 176 valence electrons. The Hall–Kier alpha value is -1.45. The summed E-state index contributed by atoms with van der Waals surface area (Å²) in [5, 5.41) is 3.28. The van der Waals surface area contributed by atoms with Crippen molar-refractivity contribution in [3.8, 4) is 5.75 Å². The van der Waals surface area contributed by atoms with E-state index in [1.165, 1.54) is 32.4 Å². The molecule has 1 fully saturated rings. The lowest BCUT2D eigenvalue weighted by atomic mass is 9.77. The van der Waals surface area contributed by atoms with Gasteiger partial charge in [0.15, 0.2) is 11.4 Å². The highest BCUT2D eigenvalue weighted by Gasteiger charge is 2.48. The third-order valence-electron chi connectivity index (χ3n) is 5.80. The van der Waals surface area contributed by atoms with Crippen molar-refractivity contribution in [2.24, 2.45) is 0 Å². The molecule has 1 aromatic rings. The van der Waals surface area contributed by atoms with E-state index < -0.39 is 31.2 Å². The lowest BCUT2D eigenvalue weighted by Crippen LogP contribution is -2.51. The van der Waals surface area contributed by atoms with Crippen molar-refractivity contribution in [1.29, 1.82) is 0 Å². The Labute approximate surface area is 186 Å². The van der Waals surface area contributed by atoms with Gasteiger partial charge in [-0.15, -0.1) is 0 Å². The predicted molar refractivity (Wildman–Crippen MR) is 123 cm³/mol. The van der Waals surface area contributed by atoms with E-state index in [1.54, 1.807) is 31.2 Å². The van der Waals surface area contributed by atoms with Gasteiger partial charge in [-0.3, -0.25) is 4.79 Å². The molecule has 2 heterocycles. The average molecular weight is 474 g/mol. The largest absolute Gasteiger partial charge is 0.479 e. The molecule has 0 amide bonds. The van der Waals surface area contributed by atoms with Crippen LogP contribution in [0.4, 0.5) is 0 Å². The van der Waals surface area contributed by atoms with Crippen LogP contribution in [-0.4, -0.2) is 65.3 Å². The fraction of sp³-hybridized carbons (Fsp3) is 0.682. The second kappa shape index (κ2) is 10.9. The summed E-state index contributed by atoms with van der Waals surface area (Å²) < 4.78 is 52.2. The molecule has 0 aliphatic carbocycles. The number of hydrogen-bond donors (Lipinski definition) is 1. The van der Waals surface area contributed by atoms with E-state index in [0.717, 1.165) is 12.5 Å². The SMILES string of the molecule is C1CCNCC1.CCC1(CCS(C)(=O)=O)Oc2ccccc2C(CCS(C)(=O)=O)C1=O. The van der Waals surface area contributed by atoms with Crippen molar-refractivity contribution in [2.45, 2.75) is 57.0 Å². The Morgan fingerprint density at radius 2 is 1.61 bits per heavy atom. The normalized spacial score (nSPS) is 23.8. The van der Waals surface area contributed by atoms with Crippen LogP contribution in [0.25, 0.3) is 0 Å². The van der Waals surface area contributed by atoms with Crippen LogP contribution in [0.3, 0.4) is 0 Å². The topological polar surface area (TPSA) is 107 Å². The van der Waals surface area contributed by atoms with Crippen molar-refractivity contribution in [2.75, 3.05) is 37.1 Å². The van der Waals surface area contributed by atoms with Crippen LogP contribution in [0.2, 0.25) is 0 Å². The van der Waals surface area contributed by atoms with E-state index in [4.69, 9.17) is 4.74 Å². The zero-order chi connectivity index (χ0) is 23.1. The van der Waals surface area contributed by atoms with Gasteiger partial charge in [0.05, 0.1) is 17.4 Å². The maximum absolute atomic E-state index is 13.2. The predicted octanol–water partition coefficient (Wildman–Crippen LogP) is 2.51. The van der Waals surface area contributed by atoms with Crippen LogP contribution >= 0.6 is 0 Å². The molecule has 0 spiro atoms. The minimum Gasteiger partial charge on any atom is -0.479 e. The summed E-state index contributed by atoms with van der Waals surface area (Å²) >= 11 is 0. The second-order valence-corrected chi connectivity index (χ2v) is 13.0. The molecule has 2 atom stereocenters. The van der Waals surface area contributed by atoms with Gasteiger partial charge in [-0.1, -0.05) is 31.5 Å². The molecular weight excluding hydrogens is 438 g/mol. The van der Waals surface area contributed by atoms with Gasteiger partial charge in [-0.05, 0) is 44.8 Å². The summed E-state index contributed by atoms with van der Waals surface area (Å²) in [5.41, 5.74) is -0.570. The van der Waals surface area contributed by atoms with Crippen LogP contribution in [0, 0.1) is 0 Å². The lowest BCUT2D eigenvalue weighted by molar-refractivity contribution is -0.139. The number of carbonyl (C=O) groups is 1. The first-order valence-electron chi connectivity index (χ1n) is 10.9. The number of ether oxygens (including phenoxy) is 1. The molecule has 1 saturated heterocycles. The molecule has 31 heavy (non-hydrogen) atoms. The first-order valence-corrected chi connectivity index (χ1v) is 15.0. The number of rotatable bonds is 7. The molecule has 1 N–H and O–H groups in total. The van der Waals surface area contributed by atoms with E-state index in [2.05, 4.69) is 5.32 Å². The van der Waals surface area contributed by atoms with E-state index in [0.29, 0.717) is 17.7 Å². The molecule has 0 aromatic heterocycles. The van der Waals surface area contributed by atoms with Crippen molar-refractivity contribution in [3.63, 3.8) is 0 Å². The van der Waals surface area contributed by atoms with Crippen molar-refractivity contribution >= 4 is 25.5 Å². The van der Waals surface area contributed by atoms with Crippen LogP contribution in [0.5, 0.6) is 5.75 Å². The highest BCUT2D eigenvalue weighted by Crippen LogP contribution is 2.43. The van der Waals surface area contributed by atoms with E-state index in [1.807, 2.05) is 0 Å². The van der Waals surface area contributed by atoms with E-state index in [-0.39, 0.29) is 30.1 Å². The smallest absolute Gasteiger partial charge is 0.183 e. The van der Waals surface area contributed by atoms with Crippen molar-refractivity contribution in [1.82, 2.24) is 5.32 Å². The quantitative estimate of drug-likeness (QED) is 0.648. The summed E-state index contributed by atoms with van der Waals surface area (Å²) in [6.45, 7) is 4.28. The third kappa shape index (κ3) is 7.88. The zero-order valence-corrected chi connectivity index (χ0v) is 20.4. The third-order valence-corrected chi connectivity index (χ3v) is 7.72. The number of benzene rings is 1. The number of carbonyl (C=O) groups excluding carboxylic acids is 1. The van der Waals surface area contributed by atoms with Gasteiger partial charge in [0.1, 0.15) is 25.4 Å². The molecule has 0 radical (unpaired) electrons. The fourth-order valence-corrected chi connectivity index (χ4v) is 5.31. The number of fused-ring (bicyclic) bond motifs is 1. The van der Waals surface area contributed by atoms with E-state index in [9.17, 15) is 21.6 Å². The highest BCUT2D eigenvalue weighted by atomic mass is 32.2. The molecule has 1 aromatic carbocycles. The van der Waals surface area contributed by atoms with Gasteiger partial charge >= 0.3 is 0 Å². The van der Waals surface area contributed by atoms with Crippen LogP contribution in [0.1, 0.15) is 56.9 Å². The lowest BCUT2D eigenvalue weighted by Gasteiger charge is -2.40. The fourth-order valence-electron chi connectivity index (χ4n) is 3.95. The second-order valence-electron chi connectivity index (χ2n) is 8.51. The van der Waals surface area contributed by atoms with Gasteiger partial charge < -0.3 is 10.1 Å². The zero-order valence-electron chi connectivity index (χ0n) is 18.7. The first kappa shape index (κ1) is 25.8. The van der Waals surface area contributed by atoms with Gasteiger partial charge in [-0.25, -0.2) is 16.8 Å². The van der Waals surface area contributed by atoms with Gasteiger partial charge in [0.25, 0.3) is 0 Å². The Kier molecular flexibility index (Phi) is 9.09. The summed E-state index contributed by atoms with van der Waals surface area (Å²) in [6, 6.07) is 7.05. The molecule has 9 heteroatoms. The number of piperidine rings is 1. The molecule has 7 nitrogen and oxygen atoms in total. The van der Waals surface area contributed by atoms with Crippen LogP contribution in [-0.2, 0) is 24.5 Å². The highest BCUT2D eigenvalue weighted by molar-refractivity contribution is 7.90. The van der Waals surface area contributed by atoms with Crippen molar-refractivity contribution in [3.05, 3.63) is 29.8 Å². The maximum Gasteiger partial charge on any atom is 0.183 e. The summed E-state index contributed by atoms with van der Waals surface area (Å²) in [6.07, 6.45) is 7.03. The molecule has 2 aliphatic rings. The molecular formula is C22H35NO6S2. The first-order chi connectivity index (χ1) is 14.5. The van der Waals surface area contributed by atoms with Crippen LogP contribution < -0.4 is 10.1 Å². The van der Waals surface area contributed by atoms with Crippen molar-refractivity contribution < 1.29 is 26.4 Å². The van der Waals surface area contributed by atoms with Crippen LogP contribution in [0.15, 0.2) is 24.3 Å². The molecule has 0 saturated carbocycles. The van der Waals surface area contributed by atoms with Gasteiger partial charge in [0, 0.05) is 24.5 Å². The summed E-state index contributed by atoms with van der Waals surface area (Å²) in [7, 11) is -6.47. The maximum atomic E-state index is 13.2. The minimum absolute atomic E-state index is 0.0604. The Balaban J connectivity index is 0.000000488. The minimum atomic E-state index is -3.25. The molecule has 0 bridgehead atoms. The molecule has 3 rings (SSSR count). The number of Topliss-reactive ketones (excluding diaryl/α,β-unsaturated/α-hetero) is 1. The summed E-state index contributed by atoms with van der Waals surface area (Å²) in [5.74, 6) is -0.590. The number of nitrogens with one attached hydrogen (secondary N) is 1. The van der Waals surface area contributed by atoms with Gasteiger partial charge in [0.2, 0.25) is 0 Å². The number of hydrogen-bond acceptors (Lipinski definition) is 7. The monoisotopic (exact) mass is 473 g/mol. The number of sulfone groups is 2. The Bertz CT molecular complexity index is 942. The number of para-hydroxylation sites is 1. The standard InChI is InChI=1S/C17H24O6S2.C5H11N/c1-4-17(10-12-25(3,21)22)16(18)14(9-11-24(2,19)20)13-7-5-6-8-15(13)23-17;1-2-4-6-5-3-1/h5-8,14H,4,9-12H2,1-3H3;6H,1-5H2. The molecule has 2 unspecified atom stereocenters.